The van der Waals surface area contributed by atoms with Crippen molar-refractivity contribution in [1.29, 1.82) is 0 Å². The highest BCUT2D eigenvalue weighted by molar-refractivity contribution is 5.85. The fourth-order valence-electron chi connectivity index (χ4n) is 1.08. The lowest BCUT2D eigenvalue weighted by Crippen LogP contribution is -2.04. The molecule has 0 spiro atoms. The highest BCUT2D eigenvalue weighted by Crippen LogP contribution is 2.07. The Hall–Kier alpha value is -2.44. The number of aromatic carboxylic acids is 1. The van der Waals surface area contributed by atoms with Gasteiger partial charge < -0.3 is 14.9 Å². The van der Waals surface area contributed by atoms with E-state index in [0.29, 0.717) is 18.1 Å². The summed E-state index contributed by atoms with van der Waals surface area (Å²) in [5.74, 6) is -0.535. The normalized spacial score (nSPS) is 10.0. The molecular weight excluding hydrogens is 212 g/mol. The van der Waals surface area contributed by atoms with E-state index in [1.165, 1.54) is 18.7 Å². The van der Waals surface area contributed by atoms with Gasteiger partial charge in [0.1, 0.15) is 5.69 Å². The number of anilines is 1. The van der Waals surface area contributed by atoms with Crippen LogP contribution in [0.1, 0.15) is 16.3 Å². The first-order valence-electron chi connectivity index (χ1n) is 4.44. The Kier molecular flexibility index (Phi) is 2.77. The summed E-state index contributed by atoms with van der Waals surface area (Å²) in [6, 6.07) is 3.04. The molecule has 2 aromatic rings. The molecule has 0 amide bonds. The molecule has 0 aliphatic rings. The second-order valence-corrected chi connectivity index (χ2v) is 2.94. The fraction of sp³-hybridized carbons (Fsp3) is 0.111. The van der Waals surface area contributed by atoms with Crippen molar-refractivity contribution in [3.63, 3.8) is 0 Å². The summed E-state index contributed by atoms with van der Waals surface area (Å²) < 4.78 is 4.56. The highest BCUT2D eigenvalue weighted by Gasteiger charge is 2.03. The van der Waals surface area contributed by atoms with Crippen LogP contribution in [-0.2, 0) is 6.54 Å². The lowest BCUT2D eigenvalue weighted by molar-refractivity contribution is 0.0690. The van der Waals surface area contributed by atoms with Gasteiger partial charge in [-0.05, 0) is 12.1 Å². The van der Waals surface area contributed by atoms with Crippen molar-refractivity contribution in [3.05, 3.63) is 36.2 Å². The van der Waals surface area contributed by atoms with Crippen LogP contribution in [-0.4, -0.2) is 26.2 Å². The van der Waals surface area contributed by atoms with Gasteiger partial charge in [0.15, 0.2) is 5.82 Å². The third kappa shape index (κ3) is 2.32. The molecule has 2 rings (SSSR count). The minimum absolute atomic E-state index is 0.00473. The van der Waals surface area contributed by atoms with Gasteiger partial charge in [-0.2, -0.15) is 4.98 Å². The molecule has 0 aromatic carbocycles. The third-order valence-corrected chi connectivity index (χ3v) is 1.84. The van der Waals surface area contributed by atoms with Crippen molar-refractivity contribution >= 4 is 11.7 Å². The second-order valence-electron chi connectivity index (χ2n) is 2.94. The Bertz CT molecular complexity index is 466. The standard InChI is InChI=1S/C9H8N4O3/c14-9(15)7-2-1-6(3-11-7)10-4-8-12-5-16-13-8/h1-3,5,10H,4H2,(H,14,15). The van der Waals surface area contributed by atoms with Gasteiger partial charge in [0.05, 0.1) is 18.4 Å². The molecule has 0 saturated carbocycles. The lowest BCUT2D eigenvalue weighted by Gasteiger charge is -2.02. The van der Waals surface area contributed by atoms with Crippen molar-refractivity contribution in [1.82, 2.24) is 15.1 Å². The second kappa shape index (κ2) is 4.39. The maximum absolute atomic E-state index is 10.5. The predicted molar refractivity (Wildman–Crippen MR) is 52.8 cm³/mol. The number of carboxylic acids is 1. The van der Waals surface area contributed by atoms with Crippen LogP contribution in [0.3, 0.4) is 0 Å². The van der Waals surface area contributed by atoms with Crippen LogP contribution in [0.15, 0.2) is 29.2 Å². The summed E-state index contributed by atoms with van der Waals surface area (Å²) >= 11 is 0. The van der Waals surface area contributed by atoms with Crippen LogP contribution in [0.2, 0.25) is 0 Å². The van der Waals surface area contributed by atoms with Crippen LogP contribution < -0.4 is 5.32 Å². The quantitative estimate of drug-likeness (QED) is 0.784. The molecular formula is C9H8N4O3. The molecule has 0 aliphatic heterocycles. The first-order valence-corrected chi connectivity index (χ1v) is 4.44. The number of nitrogens with one attached hydrogen (secondary N) is 1. The number of rotatable bonds is 4. The molecule has 0 unspecified atom stereocenters. The van der Waals surface area contributed by atoms with Gasteiger partial charge in [-0.25, -0.2) is 9.78 Å². The number of hydrogen-bond donors (Lipinski definition) is 2. The number of nitrogens with zero attached hydrogens (tertiary/aromatic N) is 3. The van der Waals surface area contributed by atoms with Gasteiger partial charge in [-0.1, -0.05) is 5.16 Å². The third-order valence-electron chi connectivity index (χ3n) is 1.84. The molecule has 2 heterocycles. The largest absolute Gasteiger partial charge is 0.477 e. The van der Waals surface area contributed by atoms with Crippen molar-refractivity contribution in [3.8, 4) is 0 Å². The first-order chi connectivity index (χ1) is 7.75. The van der Waals surface area contributed by atoms with Crippen molar-refractivity contribution in [2.24, 2.45) is 0 Å². The molecule has 82 valence electrons. The van der Waals surface area contributed by atoms with E-state index in [0.717, 1.165) is 0 Å². The van der Waals surface area contributed by atoms with E-state index < -0.39 is 5.97 Å². The first kappa shape index (κ1) is 10.1. The van der Waals surface area contributed by atoms with E-state index in [4.69, 9.17) is 5.11 Å². The molecule has 0 radical (unpaired) electrons. The van der Waals surface area contributed by atoms with Gasteiger partial charge in [0.2, 0.25) is 6.39 Å². The molecule has 2 N–H and O–H groups in total. The summed E-state index contributed by atoms with van der Waals surface area (Å²) in [5.41, 5.74) is 0.694. The lowest BCUT2D eigenvalue weighted by atomic mass is 10.3. The summed E-state index contributed by atoms with van der Waals surface area (Å²) in [4.78, 5) is 18.1. The van der Waals surface area contributed by atoms with Crippen molar-refractivity contribution < 1.29 is 14.4 Å². The number of carbonyl (C=O) groups is 1. The Balaban J connectivity index is 1.98. The minimum Gasteiger partial charge on any atom is -0.477 e. The molecule has 7 heteroatoms. The molecule has 7 nitrogen and oxygen atoms in total. The van der Waals surface area contributed by atoms with E-state index in [2.05, 4.69) is 25.0 Å². The zero-order chi connectivity index (χ0) is 11.4. The van der Waals surface area contributed by atoms with Crippen LogP contribution in [0.4, 0.5) is 5.69 Å². The van der Waals surface area contributed by atoms with E-state index in [9.17, 15) is 4.79 Å². The van der Waals surface area contributed by atoms with E-state index in [1.807, 2.05) is 0 Å². The molecule has 0 atom stereocenters. The van der Waals surface area contributed by atoms with Crippen LogP contribution in [0.25, 0.3) is 0 Å². The Morgan fingerprint density at radius 3 is 2.88 bits per heavy atom. The smallest absolute Gasteiger partial charge is 0.354 e. The van der Waals surface area contributed by atoms with Gasteiger partial charge in [0, 0.05) is 0 Å². The van der Waals surface area contributed by atoms with E-state index >= 15 is 0 Å². The zero-order valence-electron chi connectivity index (χ0n) is 8.12. The van der Waals surface area contributed by atoms with Crippen LogP contribution in [0.5, 0.6) is 0 Å². The summed E-state index contributed by atoms with van der Waals surface area (Å²) in [6.45, 7) is 0.393. The van der Waals surface area contributed by atoms with Crippen LogP contribution >= 0.6 is 0 Å². The Morgan fingerprint density at radius 2 is 2.31 bits per heavy atom. The highest BCUT2D eigenvalue weighted by atomic mass is 16.5. The topological polar surface area (TPSA) is 101 Å². The zero-order valence-corrected chi connectivity index (χ0v) is 8.12. The van der Waals surface area contributed by atoms with E-state index in [1.54, 1.807) is 6.07 Å². The average molecular weight is 220 g/mol. The van der Waals surface area contributed by atoms with Gasteiger partial charge in [0.25, 0.3) is 0 Å². The maximum Gasteiger partial charge on any atom is 0.354 e. The summed E-state index contributed by atoms with van der Waals surface area (Å²) in [5, 5.41) is 15.2. The Morgan fingerprint density at radius 1 is 1.44 bits per heavy atom. The number of aromatic nitrogens is 3. The van der Waals surface area contributed by atoms with Gasteiger partial charge >= 0.3 is 5.97 Å². The molecule has 0 fully saturated rings. The summed E-state index contributed by atoms with van der Waals surface area (Å²) in [6.07, 6.45) is 2.67. The number of carboxylic acid groups (broad SMARTS) is 1. The minimum atomic E-state index is -1.05. The molecule has 2 aromatic heterocycles. The number of pyridine rings is 1. The average Bonchev–Trinajstić information content (AvgIpc) is 2.80. The SMILES string of the molecule is O=C(O)c1ccc(NCc2ncon2)cn1. The monoisotopic (exact) mass is 220 g/mol. The summed E-state index contributed by atoms with van der Waals surface area (Å²) in [7, 11) is 0. The molecule has 0 saturated heterocycles. The molecule has 0 bridgehead atoms. The van der Waals surface area contributed by atoms with Gasteiger partial charge in [-0.3, -0.25) is 0 Å². The van der Waals surface area contributed by atoms with E-state index in [-0.39, 0.29) is 5.69 Å². The van der Waals surface area contributed by atoms with Crippen molar-refractivity contribution in [2.75, 3.05) is 5.32 Å². The Labute approximate surface area is 90.1 Å². The predicted octanol–water partition coefficient (Wildman–Crippen LogP) is 0.775. The number of hydrogen-bond acceptors (Lipinski definition) is 6. The fourth-order valence-corrected chi connectivity index (χ4v) is 1.08. The van der Waals surface area contributed by atoms with Crippen molar-refractivity contribution in [2.45, 2.75) is 6.54 Å². The van der Waals surface area contributed by atoms with Crippen LogP contribution in [0, 0.1) is 0 Å². The molecule has 0 aliphatic carbocycles. The maximum atomic E-state index is 10.5. The van der Waals surface area contributed by atoms with Gasteiger partial charge in [-0.15, -0.1) is 0 Å². The molecule has 16 heavy (non-hydrogen) atoms.